The predicted octanol–water partition coefficient (Wildman–Crippen LogP) is 12.4. The number of hydrogen-bond acceptors (Lipinski definition) is 17. The minimum absolute atomic E-state index is 0.00681. The molecule has 0 radical (unpaired) electrons. The summed E-state index contributed by atoms with van der Waals surface area (Å²) < 4.78 is 101. The monoisotopic (exact) mass is 1560 g/mol. The molecule has 107 heavy (non-hydrogen) atoms. The van der Waals surface area contributed by atoms with E-state index in [-0.39, 0.29) is 60.8 Å². The Kier molecular flexibility index (Phi) is 24.8. The molecule has 20 nitrogen and oxygen atoms in total. The second-order valence-electron chi connectivity index (χ2n) is 30.9. The van der Waals surface area contributed by atoms with Crippen molar-refractivity contribution in [1.29, 1.82) is 0 Å². The molecule has 574 valence electrons. The number of sulfone groups is 1. The van der Waals surface area contributed by atoms with Gasteiger partial charge in [0.15, 0.2) is 0 Å². The Labute approximate surface area is 639 Å². The number of aliphatic hydroxyl groups excluding tert-OH is 1. The molecule has 5 N–H and O–H groups in total. The number of thioether (sulfide) groups is 1. The molecule has 7 atom stereocenters. The van der Waals surface area contributed by atoms with Gasteiger partial charge in [0.05, 0.1) is 38.8 Å². The van der Waals surface area contributed by atoms with Crippen molar-refractivity contribution in [2.45, 2.75) is 162 Å². The fourth-order valence-electron chi connectivity index (χ4n) is 15.7. The van der Waals surface area contributed by atoms with Crippen LogP contribution in [0.25, 0.3) is 16.0 Å². The minimum atomic E-state index is -6.17. The van der Waals surface area contributed by atoms with Gasteiger partial charge in [-0.25, -0.2) is 26.5 Å². The summed E-state index contributed by atoms with van der Waals surface area (Å²) in [7, 11) is -11.1. The van der Waals surface area contributed by atoms with E-state index in [1.165, 1.54) is 64.8 Å². The van der Waals surface area contributed by atoms with Crippen LogP contribution in [0.15, 0.2) is 147 Å². The van der Waals surface area contributed by atoms with Crippen LogP contribution in [0.3, 0.4) is 0 Å². The highest BCUT2D eigenvalue weighted by Crippen LogP contribution is 2.59. The van der Waals surface area contributed by atoms with Crippen molar-refractivity contribution in [2.24, 2.45) is 22.7 Å². The van der Waals surface area contributed by atoms with Gasteiger partial charge in [-0.1, -0.05) is 99.0 Å². The molecular formula is C79H96ClF3N10O10S4. The number of allylic oxidation sites excluding steroid dienone is 1. The van der Waals surface area contributed by atoms with Crippen LogP contribution in [0.5, 0.6) is 0 Å². The van der Waals surface area contributed by atoms with Crippen molar-refractivity contribution >= 4 is 101 Å². The lowest BCUT2D eigenvalue weighted by Crippen LogP contribution is -2.57. The van der Waals surface area contributed by atoms with Crippen molar-refractivity contribution in [2.75, 3.05) is 88.0 Å². The van der Waals surface area contributed by atoms with E-state index in [9.17, 15) is 59.1 Å². The molecule has 6 aromatic rings. The number of thiazole rings is 1. The number of benzene rings is 5. The first-order valence-corrected chi connectivity index (χ1v) is 42.2. The molecule has 6 aliphatic rings. The molecule has 5 heterocycles. The van der Waals surface area contributed by atoms with E-state index in [2.05, 4.69) is 47.8 Å². The van der Waals surface area contributed by atoms with Crippen LogP contribution in [0.1, 0.15) is 138 Å². The van der Waals surface area contributed by atoms with Gasteiger partial charge in [-0.2, -0.15) is 13.2 Å². The Morgan fingerprint density at radius 1 is 0.776 bits per heavy atom. The number of unbranched alkanes of at least 4 members (excludes halogenated alkanes) is 2. The van der Waals surface area contributed by atoms with E-state index < -0.39 is 94.3 Å². The number of anilines is 2. The number of rotatable bonds is 28. The maximum absolute atomic E-state index is 14.6. The highest BCUT2D eigenvalue weighted by Gasteiger charge is 2.50. The lowest BCUT2D eigenvalue weighted by Gasteiger charge is -2.38. The number of alkyl halides is 3. The topological polar surface area (TPSA) is 251 Å². The summed E-state index contributed by atoms with van der Waals surface area (Å²) in [6.07, 6.45) is 7.39. The molecule has 1 aromatic heterocycles. The van der Waals surface area contributed by atoms with Crippen LogP contribution >= 0.6 is 34.7 Å². The first kappa shape index (κ1) is 79.2. The molecule has 1 spiro atoms. The van der Waals surface area contributed by atoms with Crippen molar-refractivity contribution in [1.82, 2.24) is 39.9 Å². The zero-order valence-electron chi connectivity index (χ0n) is 61.1. The fourth-order valence-corrected chi connectivity index (χ4v) is 19.6. The summed E-state index contributed by atoms with van der Waals surface area (Å²) in [6, 6.07) is 31.1. The Morgan fingerprint density at radius 2 is 1.45 bits per heavy atom. The Hall–Kier alpha value is -7.37. The van der Waals surface area contributed by atoms with E-state index in [1.54, 1.807) is 29.0 Å². The van der Waals surface area contributed by atoms with Crippen LogP contribution in [-0.2, 0) is 39.0 Å². The first-order chi connectivity index (χ1) is 50.9. The SMILES string of the molecule is Cc1ncsc1-c1ccc([C@H](C)NC(=O)C2CC(O)CN2C(=O)[C@@H](NC(=O)CCCCCC(=O)N2CC3CN(CC[C@H](CSc4ccccc4)Nc4ccc(S(=O)(=O)NC(=O)c5ccc(N6CCN(CC7=C(c8ccc(Cl)cc8)CCC8(CC8)C7)CC6)cc5)cc4S(=O)(=O)C(F)(F)F)CC3C2)C(C)(C)C)cc1. The van der Waals surface area contributed by atoms with E-state index in [0.29, 0.717) is 74.9 Å². The number of aliphatic hydroxyl groups is 1. The third-order valence-electron chi connectivity index (χ3n) is 22.1. The molecule has 4 aliphatic heterocycles. The third-order valence-corrected chi connectivity index (χ3v) is 27.3. The fraction of sp³-hybridized carbons (Fsp3) is 0.494. The molecule has 5 aromatic carbocycles. The van der Waals surface area contributed by atoms with Gasteiger partial charge in [0.2, 0.25) is 23.6 Å². The number of likely N-dealkylation sites (tertiary alicyclic amines) is 3. The van der Waals surface area contributed by atoms with Gasteiger partial charge in [-0.3, -0.25) is 28.9 Å². The first-order valence-electron chi connectivity index (χ1n) is 37.0. The highest BCUT2D eigenvalue weighted by molar-refractivity contribution is 7.99. The number of piperazine rings is 1. The maximum Gasteiger partial charge on any atom is 0.501 e. The van der Waals surface area contributed by atoms with Gasteiger partial charge in [0.25, 0.3) is 25.8 Å². The van der Waals surface area contributed by atoms with Crippen molar-refractivity contribution in [3.63, 3.8) is 0 Å². The summed E-state index contributed by atoms with van der Waals surface area (Å²) in [5.74, 6) is -1.63. The van der Waals surface area contributed by atoms with Gasteiger partial charge in [-0.15, -0.1) is 23.1 Å². The molecule has 5 fully saturated rings. The van der Waals surface area contributed by atoms with Crippen LogP contribution in [0, 0.1) is 29.6 Å². The number of amides is 5. The Morgan fingerprint density at radius 3 is 2.09 bits per heavy atom. The lowest BCUT2D eigenvalue weighted by molar-refractivity contribution is -0.144. The smallest absolute Gasteiger partial charge is 0.391 e. The molecule has 2 aliphatic carbocycles. The second kappa shape index (κ2) is 33.5. The number of β-amino-alcohol motifs (C(OH)–C–C–N with tert-alkyl or cyclic N) is 1. The number of carbonyl (C=O) groups is 5. The van der Waals surface area contributed by atoms with Gasteiger partial charge in [0, 0.05) is 124 Å². The van der Waals surface area contributed by atoms with Crippen molar-refractivity contribution in [3.8, 4) is 10.4 Å². The van der Waals surface area contributed by atoms with E-state index in [4.69, 9.17) is 11.6 Å². The van der Waals surface area contributed by atoms with E-state index in [1.807, 2.05) is 111 Å². The Balaban J connectivity index is 0.602. The lowest BCUT2D eigenvalue weighted by atomic mass is 9.79. The van der Waals surface area contributed by atoms with E-state index >= 15 is 0 Å². The Bertz CT molecular complexity index is 4440. The van der Waals surface area contributed by atoms with Crippen LogP contribution in [-0.4, -0.2) is 184 Å². The zero-order chi connectivity index (χ0) is 76.2. The average Bonchev–Trinajstić information content (AvgIpc) is 1.48. The number of hydrogen-bond donors (Lipinski definition) is 5. The van der Waals surface area contributed by atoms with Gasteiger partial charge in [-0.05, 0) is 177 Å². The standard InChI is InChI=1S/C79H96ClF3N10O10S4/c1-51(53-16-18-55(19-17-53)72-52(2)84-50-105-72)85-75(98)68-40-63(94)48-93(68)76(99)73(77(3,4)5)87-70(95)14-10-7-11-15-71(96)92-46-58-44-90(45-59(58)47-92)35-31-61(49-104-64-12-8-6-9-13-64)86-67-29-28-65(41-69(67)106(100,101)79(81,82)83)107(102,103)88-74(97)56-22-26-62(27-23-56)91-38-36-89(37-39-91)43-57-42-78(33-34-78)32-30-66(57)54-20-24-60(80)25-21-54/h6,8-9,12-13,16-29,41,50-51,58-59,61,63,68,73,86,94H,7,10-11,14-15,30-40,42-49H2,1-5H3,(H,85,98)(H,87,95)(H,88,97)/t51-,58?,59?,61+,63?,68?,73+/m0/s1. The van der Waals surface area contributed by atoms with Crippen molar-refractivity contribution < 1.29 is 59.1 Å². The number of aromatic nitrogens is 1. The van der Waals surface area contributed by atoms with Crippen LogP contribution in [0.4, 0.5) is 24.5 Å². The zero-order valence-corrected chi connectivity index (χ0v) is 65.1. The minimum Gasteiger partial charge on any atom is -0.391 e. The number of aryl methyl sites for hydroxylation is 1. The highest BCUT2D eigenvalue weighted by atomic mass is 35.5. The summed E-state index contributed by atoms with van der Waals surface area (Å²) >= 11 is 9.21. The summed E-state index contributed by atoms with van der Waals surface area (Å²) in [5.41, 5.74) is 2.99. The maximum atomic E-state index is 14.6. The van der Waals surface area contributed by atoms with Gasteiger partial charge in [0.1, 0.15) is 17.0 Å². The number of sulfonamides is 1. The number of nitrogens with zero attached hydrogens (tertiary/aromatic N) is 6. The molecule has 4 unspecified atom stereocenters. The second-order valence-corrected chi connectivity index (χ2v) is 36.9. The molecule has 4 saturated heterocycles. The predicted molar refractivity (Wildman–Crippen MR) is 412 cm³/mol. The molecule has 5 amide bonds. The van der Waals surface area contributed by atoms with E-state index in [0.717, 1.165) is 90.0 Å². The summed E-state index contributed by atoms with van der Waals surface area (Å²) in [4.78, 5) is 83.2. The molecule has 12 rings (SSSR count). The molecule has 1 saturated carbocycles. The number of carbonyl (C=O) groups excluding carboxylic acids is 5. The van der Waals surface area contributed by atoms with Crippen molar-refractivity contribution in [3.05, 3.63) is 160 Å². The summed E-state index contributed by atoms with van der Waals surface area (Å²) in [5, 5.41) is 20.5. The third kappa shape index (κ3) is 19.4. The average molecular weight is 1570 g/mol. The largest absolute Gasteiger partial charge is 0.501 e. The van der Waals surface area contributed by atoms with Gasteiger partial charge >= 0.3 is 5.51 Å². The number of nitrogens with one attached hydrogen (secondary N) is 4. The molecule has 0 bridgehead atoms. The van der Waals surface area contributed by atoms with Crippen LogP contribution < -0.4 is 25.6 Å². The number of halogens is 4. The van der Waals surface area contributed by atoms with Gasteiger partial charge < -0.3 is 40.7 Å². The normalized spacial score (nSPS) is 20.7. The quantitative estimate of drug-likeness (QED) is 0.0226. The molecule has 28 heteroatoms. The van der Waals surface area contributed by atoms with Crippen LogP contribution in [0.2, 0.25) is 5.02 Å². The summed E-state index contributed by atoms with van der Waals surface area (Å²) in [6.45, 7) is 16.1. The molecular weight excluding hydrogens is 1470 g/mol. The number of fused-ring (bicyclic) bond motifs is 1.